The van der Waals surface area contributed by atoms with Gasteiger partial charge in [0.15, 0.2) is 0 Å². The van der Waals surface area contributed by atoms with E-state index in [0.717, 1.165) is 24.0 Å². The molecule has 1 aliphatic heterocycles. The van der Waals surface area contributed by atoms with Crippen molar-refractivity contribution in [2.24, 2.45) is 5.92 Å². The Morgan fingerprint density at radius 1 is 1.47 bits per heavy atom. The SMILES string of the molecule is Cc1cccc(N(C)CC2CCCN(C)C2)n1. The van der Waals surface area contributed by atoms with E-state index in [2.05, 4.69) is 41.0 Å². The molecule has 0 spiro atoms. The van der Waals surface area contributed by atoms with Crippen molar-refractivity contribution < 1.29 is 0 Å². The topological polar surface area (TPSA) is 19.4 Å². The van der Waals surface area contributed by atoms with Gasteiger partial charge in [0, 0.05) is 25.8 Å². The maximum Gasteiger partial charge on any atom is 0.128 e. The number of nitrogens with zero attached hydrogens (tertiary/aromatic N) is 3. The highest BCUT2D eigenvalue weighted by atomic mass is 15.2. The average molecular weight is 233 g/mol. The summed E-state index contributed by atoms with van der Waals surface area (Å²) in [5.41, 5.74) is 1.09. The number of pyridine rings is 1. The summed E-state index contributed by atoms with van der Waals surface area (Å²) < 4.78 is 0. The predicted octanol–water partition coefficient (Wildman–Crippen LogP) is 2.17. The lowest BCUT2D eigenvalue weighted by Gasteiger charge is -2.32. The third-order valence-corrected chi connectivity index (χ3v) is 3.52. The Balaban J connectivity index is 1.94. The Labute approximate surface area is 104 Å². The van der Waals surface area contributed by atoms with Crippen molar-refractivity contribution in [3.8, 4) is 0 Å². The zero-order valence-corrected chi connectivity index (χ0v) is 11.2. The van der Waals surface area contributed by atoms with Gasteiger partial charge in [-0.25, -0.2) is 4.98 Å². The maximum absolute atomic E-state index is 4.57. The summed E-state index contributed by atoms with van der Waals surface area (Å²) >= 11 is 0. The summed E-state index contributed by atoms with van der Waals surface area (Å²) in [6.45, 7) is 5.63. The Bertz CT molecular complexity index is 364. The lowest BCUT2D eigenvalue weighted by molar-refractivity contribution is 0.213. The lowest BCUT2D eigenvalue weighted by Crippen LogP contribution is -2.38. The van der Waals surface area contributed by atoms with E-state index in [1.165, 1.54) is 25.9 Å². The second-order valence-electron chi connectivity index (χ2n) is 5.29. The first kappa shape index (κ1) is 12.4. The molecule has 0 bridgehead atoms. The van der Waals surface area contributed by atoms with Crippen LogP contribution in [0.1, 0.15) is 18.5 Å². The second kappa shape index (κ2) is 5.50. The fraction of sp³-hybridized carbons (Fsp3) is 0.643. The van der Waals surface area contributed by atoms with Gasteiger partial charge in [0.05, 0.1) is 0 Å². The molecule has 3 nitrogen and oxygen atoms in total. The zero-order chi connectivity index (χ0) is 12.3. The van der Waals surface area contributed by atoms with Crippen LogP contribution in [0.15, 0.2) is 18.2 Å². The number of aromatic nitrogens is 1. The Kier molecular flexibility index (Phi) is 4.00. The van der Waals surface area contributed by atoms with E-state index in [1.807, 2.05) is 13.0 Å². The molecular weight excluding hydrogens is 210 g/mol. The zero-order valence-electron chi connectivity index (χ0n) is 11.2. The Morgan fingerprint density at radius 3 is 3.00 bits per heavy atom. The smallest absolute Gasteiger partial charge is 0.128 e. The number of anilines is 1. The third kappa shape index (κ3) is 3.43. The first-order chi connectivity index (χ1) is 8.15. The molecule has 0 saturated carbocycles. The van der Waals surface area contributed by atoms with E-state index in [4.69, 9.17) is 0 Å². The third-order valence-electron chi connectivity index (χ3n) is 3.52. The van der Waals surface area contributed by atoms with Gasteiger partial charge in [-0.2, -0.15) is 0 Å². The molecular formula is C14H23N3. The molecule has 0 amide bonds. The van der Waals surface area contributed by atoms with Crippen LogP contribution in [-0.4, -0.2) is 43.6 Å². The predicted molar refractivity (Wildman–Crippen MR) is 72.5 cm³/mol. The molecule has 94 valence electrons. The molecule has 3 heteroatoms. The number of aryl methyl sites for hydroxylation is 1. The highest BCUT2D eigenvalue weighted by molar-refractivity contribution is 5.38. The molecule has 1 aliphatic rings. The van der Waals surface area contributed by atoms with Gasteiger partial charge in [-0.05, 0) is 51.4 Å². The molecule has 1 aromatic rings. The highest BCUT2D eigenvalue weighted by Crippen LogP contribution is 2.18. The van der Waals surface area contributed by atoms with Crippen molar-refractivity contribution >= 4 is 5.82 Å². The van der Waals surface area contributed by atoms with Crippen molar-refractivity contribution in [3.63, 3.8) is 0 Å². The van der Waals surface area contributed by atoms with Crippen LogP contribution in [-0.2, 0) is 0 Å². The molecule has 0 aliphatic carbocycles. The van der Waals surface area contributed by atoms with Crippen LogP contribution in [0.25, 0.3) is 0 Å². The molecule has 0 radical (unpaired) electrons. The second-order valence-corrected chi connectivity index (χ2v) is 5.29. The lowest BCUT2D eigenvalue weighted by atomic mass is 9.98. The molecule has 0 aromatic carbocycles. The quantitative estimate of drug-likeness (QED) is 0.797. The summed E-state index contributed by atoms with van der Waals surface area (Å²) in [6.07, 6.45) is 2.68. The van der Waals surface area contributed by atoms with Crippen LogP contribution < -0.4 is 4.90 Å². The number of piperidine rings is 1. The molecule has 2 heterocycles. The Morgan fingerprint density at radius 2 is 2.29 bits per heavy atom. The molecule has 17 heavy (non-hydrogen) atoms. The van der Waals surface area contributed by atoms with Crippen molar-refractivity contribution in [3.05, 3.63) is 23.9 Å². The van der Waals surface area contributed by atoms with Gasteiger partial charge < -0.3 is 9.80 Å². The van der Waals surface area contributed by atoms with Crippen molar-refractivity contribution in [1.82, 2.24) is 9.88 Å². The minimum Gasteiger partial charge on any atom is -0.359 e. The summed E-state index contributed by atoms with van der Waals surface area (Å²) in [5, 5.41) is 0. The monoisotopic (exact) mass is 233 g/mol. The van der Waals surface area contributed by atoms with Gasteiger partial charge in [0.25, 0.3) is 0 Å². The first-order valence-corrected chi connectivity index (χ1v) is 6.48. The van der Waals surface area contributed by atoms with Crippen LogP contribution in [0, 0.1) is 12.8 Å². The summed E-state index contributed by atoms with van der Waals surface area (Å²) in [7, 11) is 4.37. The fourth-order valence-corrected chi connectivity index (χ4v) is 2.64. The normalized spacial score (nSPS) is 21.5. The largest absolute Gasteiger partial charge is 0.359 e. The maximum atomic E-state index is 4.57. The first-order valence-electron chi connectivity index (χ1n) is 6.48. The fourth-order valence-electron chi connectivity index (χ4n) is 2.64. The summed E-state index contributed by atoms with van der Waals surface area (Å²) in [6, 6.07) is 6.23. The van der Waals surface area contributed by atoms with Crippen LogP contribution in [0.3, 0.4) is 0 Å². The standard InChI is InChI=1S/C14H23N3/c1-12-6-4-8-14(15-12)17(3)11-13-7-5-9-16(2)10-13/h4,6,8,13H,5,7,9-11H2,1-3H3. The van der Waals surface area contributed by atoms with Gasteiger partial charge in [0.2, 0.25) is 0 Å². The molecule has 1 unspecified atom stereocenters. The molecule has 1 aromatic heterocycles. The van der Waals surface area contributed by atoms with Crippen LogP contribution in [0.5, 0.6) is 0 Å². The van der Waals surface area contributed by atoms with Crippen LogP contribution >= 0.6 is 0 Å². The molecule has 1 fully saturated rings. The van der Waals surface area contributed by atoms with Crippen molar-refractivity contribution in [2.45, 2.75) is 19.8 Å². The van der Waals surface area contributed by atoms with Gasteiger partial charge in [0.1, 0.15) is 5.82 Å². The van der Waals surface area contributed by atoms with Crippen molar-refractivity contribution in [1.29, 1.82) is 0 Å². The van der Waals surface area contributed by atoms with Crippen LogP contribution in [0.2, 0.25) is 0 Å². The van der Waals surface area contributed by atoms with E-state index in [1.54, 1.807) is 0 Å². The van der Waals surface area contributed by atoms with E-state index >= 15 is 0 Å². The van der Waals surface area contributed by atoms with E-state index in [-0.39, 0.29) is 0 Å². The molecule has 2 rings (SSSR count). The minimum absolute atomic E-state index is 0.779. The number of hydrogen-bond donors (Lipinski definition) is 0. The van der Waals surface area contributed by atoms with Crippen molar-refractivity contribution in [2.75, 3.05) is 38.6 Å². The molecule has 0 N–H and O–H groups in total. The van der Waals surface area contributed by atoms with E-state index < -0.39 is 0 Å². The molecule has 1 saturated heterocycles. The number of hydrogen-bond acceptors (Lipinski definition) is 3. The van der Waals surface area contributed by atoms with Crippen LogP contribution in [0.4, 0.5) is 5.82 Å². The van der Waals surface area contributed by atoms with Gasteiger partial charge >= 0.3 is 0 Å². The highest BCUT2D eigenvalue weighted by Gasteiger charge is 2.19. The number of likely N-dealkylation sites (tertiary alicyclic amines) is 1. The summed E-state index contributed by atoms with van der Waals surface area (Å²) in [5.74, 6) is 1.87. The molecule has 1 atom stereocenters. The van der Waals surface area contributed by atoms with E-state index in [9.17, 15) is 0 Å². The van der Waals surface area contributed by atoms with E-state index in [0.29, 0.717) is 0 Å². The van der Waals surface area contributed by atoms with Gasteiger partial charge in [-0.3, -0.25) is 0 Å². The summed E-state index contributed by atoms with van der Waals surface area (Å²) in [4.78, 5) is 9.29. The van der Waals surface area contributed by atoms with Gasteiger partial charge in [-0.1, -0.05) is 6.07 Å². The number of rotatable bonds is 3. The Hall–Kier alpha value is -1.09. The average Bonchev–Trinajstić information content (AvgIpc) is 2.29. The minimum atomic E-state index is 0.779. The van der Waals surface area contributed by atoms with Gasteiger partial charge in [-0.15, -0.1) is 0 Å².